The van der Waals surface area contributed by atoms with Crippen molar-refractivity contribution in [2.24, 2.45) is 5.92 Å². The minimum atomic E-state index is -0.341. The molecule has 0 unspecified atom stereocenters. The first-order valence-corrected chi connectivity index (χ1v) is 13.5. The van der Waals surface area contributed by atoms with Gasteiger partial charge >= 0.3 is 5.97 Å². The van der Waals surface area contributed by atoms with Crippen molar-refractivity contribution in [1.82, 2.24) is 0 Å². The van der Waals surface area contributed by atoms with E-state index in [-0.39, 0.29) is 30.2 Å². The van der Waals surface area contributed by atoms with Crippen molar-refractivity contribution in [3.63, 3.8) is 0 Å². The molecule has 0 spiro atoms. The van der Waals surface area contributed by atoms with Crippen LogP contribution in [0.3, 0.4) is 0 Å². The van der Waals surface area contributed by atoms with Crippen LogP contribution in [0.1, 0.15) is 63.5 Å². The lowest BCUT2D eigenvalue weighted by Crippen LogP contribution is -2.32. The number of unbranched alkanes of at least 4 members (excludes halogenated alkanes) is 4. The zero-order chi connectivity index (χ0) is 25.4. The Morgan fingerprint density at radius 2 is 1.42 bits per heavy atom. The molecule has 4 atom stereocenters. The lowest BCUT2D eigenvalue weighted by atomic mass is 10.0. The number of rotatable bonds is 16. The minimum Gasteiger partial charge on any atom is -0.463 e. The van der Waals surface area contributed by atoms with Crippen LogP contribution in [0.25, 0.3) is 0 Å². The molecule has 0 amide bonds. The Labute approximate surface area is 216 Å². The second-order valence-electron chi connectivity index (χ2n) is 9.34. The highest BCUT2D eigenvalue weighted by Gasteiger charge is 2.44. The summed E-state index contributed by atoms with van der Waals surface area (Å²) in [5, 5.41) is 0. The van der Waals surface area contributed by atoms with E-state index in [0.717, 1.165) is 24.0 Å². The van der Waals surface area contributed by atoms with E-state index in [1.165, 1.54) is 25.3 Å². The zero-order valence-electron chi connectivity index (χ0n) is 21.8. The number of carbonyl (C=O) groups excluding carboxylic acids is 1. The highest BCUT2D eigenvalue weighted by Crippen LogP contribution is 2.36. The van der Waals surface area contributed by atoms with Crippen LogP contribution in [0.4, 0.5) is 0 Å². The van der Waals surface area contributed by atoms with Gasteiger partial charge in [-0.05, 0) is 24.5 Å². The normalized spacial score (nSPS) is 21.7. The van der Waals surface area contributed by atoms with Crippen molar-refractivity contribution in [3.05, 3.63) is 83.9 Å². The highest BCUT2D eigenvalue weighted by atomic mass is 16.6. The Morgan fingerprint density at radius 3 is 2.03 bits per heavy atom. The predicted molar refractivity (Wildman–Crippen MR) is 142 cm³/mol. The molecule has 2 aromatic rings. The third kappa shape index (κ3) is 9.53. The molecular formula is C31H42O5. The molecule has 1 aliphatic carbocycles. The second kappa shape index (κ2) is 16.3. The molecule has 5 nitrogen and oxygen atoms in total. The van der Waals surface area contributed by atoms with Crippen LogP contribution in [0.2, 0.25) is 0 Å². The Bertz CT molecular complexity index is 882. The smallest absolute Gasteiger partial charge is 0.330 e. The number of benzene rings is 2. The Hall–Kier alpha value is -2.47. The van der Waals surface area contributed by atoms with Crippen molar-refractivity contribution in [3.8, 4) is 0 Å². The summed E-state index contributed by atoms with van der Waals surface area (Å²) in [7, 11) is 0. The number of hydrogen-bond donors (Lipinski definition) is 0. The zero-order valence-corrected chi connectivity index (χ0v) is 21.8. The molecule has 3 rings (SSSR count). The third-order valence-electron chi connectivity index (χ3n) is 6.55. The fourth-order valence-corrected chi connectivity index (χ4v) is 4.63. The van der Waals surface area contributed by atoms with Crippen LogP contribution in [0.5, 0.6) is 0 Å². The summed E-state index contributed by atoms with van der Waals surface area (Å²) in [6, 6.07) is 20.3. The molecule has 2 aromatic carbocycles. The van der Waals surface area contributed by atoms with Gasteiger partial charge in [0.2, 0.25) is 0 Å². The minimum absolute atomic E-state index is 0.102. The van der Waals surface area contributed by atoms with Crippen LogP contribution < -0.4 is 0 Å². The van der Waals surface area contributed by atoms with Crippen LogP contribution in [-0.4, -0.2) is 37.5 Å². The predicted octanol–water partition coefficient (Wildman–Crippen LogP) is 6.65. The summed E-state index contributed by atoms with van der Waals surface area (Å²) in [5.74, 6) is -0.444. The average Bonchev–Trinajstić information content (AvgIpc) is 3.24. The Kier molecular flexibility index (Phi) is 12.7. The summed E-state index contributed by atoms with van der Waals surface area (Å²) >= 11 is 0. The second-order valence-corrected chi connectivity index (χ2v) is 9.34. The molecule has 36 heavy (non-hydrogen) atoms. The molecule has 1 saturated carbocycles. The summed E-state index contributed by atoms with van der Waals surface area (Å²) in [4.78, 5) is 12.1. The Morgan fingerprint density at radius 1 is 0.806 bits per heavy atom. The number of carbonyl (C=O) groups is 1. The lowest BCUT2D eigenvalue weighted by molar-refractivity contribution is -0.137. The van der Waals surface area contributed by atoms with Gasteiger partial charge in [0, 0.05) is 25.0 Å². The fourth-order valence-electron chi connectivity index (χ4n) is 4.63. The third-order valence-corrected chi connectivity index (χ3v) is 6.55. The van der Waals surface area contributed by atoms with Crippen molar-refractivity contribution >= 4 is 5.97 Å². The van der Waals surface area contributed by atoms with Gasteiger partial charge in [0.15, 0.2) is 0 Å². The van der Waals surface area contributed by atoms with Gasteiger partial charge in [0.05, 0.1) is 38.1 Å². The van der Waals surface area contributed by atoms with Crippen molar-refractivity contribution in [1.29, 1.82) is 0 Å². The number of hydrogen-bond acceptors (Lipinski definition) is 5. The van der Waals surface area contributed by atoms with Gasteiger partial charge in [0.25, 0.3) is 0 Å². The van der Waals surface area contributed by atoms with Gasteiger partial charge in [-0.3, -0.25) is 0 Å². The summed E-state index contributed by atoms with van der Waals surface area (Å²) < 4.78 is 24.4. The molecule has 0 bridgehead atoms. The largest absolute Gasteiger partial charge is 0.463 e. The van der Waals surface area contributed by atoms with Crippen LogP contribution in [0.15, 0.2) is 72.8 Å². The maximum Gasteiger partial charge on any atom is 0.330 e. The van der Waals surface area contributed by atoms with Gasteiger partial charge in [0.1, 0.15) is 0 Å². The molecule has 5 heteroatoms. The van der Waals surface area contributed by atoms with E-state index < -0.39 is 0 Å². The quantitative estimate of drug-likeness (QED) is 0.149. The molecule has 0 aromatic heterocycles. The van der Waals surface area contributed by atoms with Crippen molar-refractivity contribution < 1.29 is 23.7 Å². The van der Waals surface area contributed by atoms with Crippen molar-refractivity contribution in [2.75, 3.05) is 13.2 Å². The summed E-state index contributed by atoms with van der Waals surface area (Å²) in [6.45, 7) is 6.08. The van der Waals surface area contributed by atoms with Crippen LogP contribution >= 0.6 is 0 Å². The van der Waals surface area contributed by atoms with E-state index in [4.69, 9.17) is 18.9 Å². The van der Waals surface area contributed by atoms with Gasteiger partial charge in [-0.1, -0.05) is 99.3 Å². The maximum absolute atomic E-state index is 12.1. The van der Waals surface area contributed by atoms with E-state index in [1.807, 2.05) is 49.4 Å². The summed E-state index contributed by atoms with van der Waals surface area (Å²) in [6.07, 6.45) is 9.58. The lowest BCUT2D eigenvalue weighted by Gasteiger charge is -2.25. The molecule has 1 fully saturated rings. The van der Waals surface area contributed by atoms with Gasteiger partial charge in [-0.2, -0.15) is 0 Å². The van der Waals surface area contributed by atoms with Crippen LogP contribution in [-0.2, 0) is 37.0 Å². The monoisotopic (exact) mass is 494 g/mol. The topological polar surface area (TPSA) is 54.0 Å². The number of ether oxygens (including phenoxy) is 4. The SMILES string of the molecule is CCCCCCCO[C@@H]1[C@@H](/C=C/C(=O)OCC)[C@@H](OCc2ccccc2)C[C@H]1OCc1ccccc1. The first-order valence-electron chi connectivity index (χ1n) is 13.5. The molecule has 196 valence electrons. The molecule has 0 saturated heterocycles. The number of esters is 1. The standard InChI is InChI=1S/C31H42O5/c1-3-5-6-7-14-21-34-31-27(19-20-30(32)33-4-2)28(35-23-25-15-10-8-11-16-25)22-29(31)36-24-26-17-12-9-13-18-26/h8-13,15-20,27-29,31H,3-7,14,21-24H2,1-2H3/b20-19+/t27-,28-,29+,31+/m0/s1. The molecule has 1 aliphatic rings. The van der Waals surface area contributed by atoms with Crippen molar-refractivity contribution in [2.45, 2.75) is 83.9 Å². The Balaban J connectivity index is 1.72. The van der Waals surface area contributed by atoms with Gasteiger partial charge in [-0.25, -0.2) is 4.79 Å². The van der Waals surface area contributed by atoms with Crippen LogP contribution in [0, 0.1) is 5.92 Å². The van der Waals surface area contributed by atoms with Gasteiger partial charge in [-0.15, -0.1) is 0 Å². The molecule has 0 radical (unpaired) electrons. The van der Waals surface area contributed by atoms with E-state index in [0.29, 0.717) is 32.8 Å². The van der Waals surface area contributed by atoms with E-state index in [2.05, 4.69) is 31.2 Å². The molecular weight excluding hydrogens is 452 g/mol. The molecule has 0 heterocycles. The first-order chi connectivity index (χ1) is 17.7. The molecule has 0 N–H and O–H groups in total. The van der Waals surface area contributed by atoms with E-state index >= 15 is 0 Å². The average molecular weight is 495 g/mol. The fraction of sp³-hybridized carbons (Fsp3) is 0.516. The van der Waals surface area contributed by atoms with Gasteiger partial charge < -0.3 is 18.9 Å². The van der Waals surface area contributed by atoms with E-state index in [9.17, 15) is 4.79 Å². The first kappa shape index (κ1) is 28.1. The molecule has 0 aliphatic heterocycles. The van der Waals surface area contributed by atoms with E-state index in [1.54, 1.807) is 0 Å². The summed E-state index contributed by atoms with van der Waals surface area (Å²) in [5.41, 5.74) is 2.25. The highest BCUT2D eigenvalue weighted by molar-refractivity contribution is 5.81. The maximum atomic E-state index is 12.1.